The Kier molecular flexibility index (Phi) is 4.34. The topological polar surface area (TPSA) is 57.5 Å². The molecule has 0 aliphatic rings. The lowest BCUT2D eigenvalue weighted by Gasteiger charge is -2.18. The number of aliphatic carboxylic acids is 1. The van der Waals surface area contributed by atoms with Gasteiger partial charge in [-0.05, 0) is 23.6 Å². The van der Waals surface area contributed by atoms with Gasteiger partial charge in [0.05, 0.1) is 18.1 Å². The van der Waals surface area contributed by atoms with Crippen LogP contribution in [0.5, 0.6) is 0 Å². The number of aliphatic hydroxyl groups is 1. The fourth-order valence-electron chi connectivity index (χ4n) is 1.58. The predicted octanol–water partition coefficient (Wildman–Crippen LogP) is 2.85. The molecule has 0 spiro atoms. The molecule has 0 saturated carbocycles. The zero-order valence-electron chi connectivity index (χ0n) is 9.61. The molecule has 1 rings (SSSR count). The molecule has 0 saturated heterocycles. The van der Waals surface area contributed by atoms with E-state index in [-0.39, 0.29) is 12.0 Å². The van der Waals surface area contributed by atoms with Crippen LogP contribution in [0.15, 0.2) is 24.3 Å². The Morgan fingerprint density at radius 3 is 2.17 bits per heavy atom. The van der Waals surface area contributed by atoms with E-state index in [1.54, 1.807) is 0 Å². The lowest BCUT2D eigenvalue weighted by molar-refractivity contribution is -0.139. The summed E-state index contributed by atoms with van der Waals surface area (Å²) in [4.78, 5) is 10.5. The first kappa shape index (κ1) is 14.5. The number of halogens is 3. The number of aliphatic hydroxyl groups excluding tert-OH is 1. The Labute approximate surface area is 102 Å². The second kappa shape index (κ2) is 5.39. The smallest absolute Gasteiger partial charge is 0.416 e. The van der Waals surface area contributed by atoms with Crippen LogP contribution in [0.25, 0.3) is 0 Å². The van der Waals surface area contributed by atoms with Crippen molar-refractivity contribution in [2.45, 2.75) is 25.6 Å². The van der Waals surface area contributed by atoms with Gasteiger partial charge in [-0.3, -0.25) is 4.79 Å². The first-order valence-electron chi connectivity index (χ1n) is 5.29. The Hall–Kier alpha value is -1.56. The van der Waals surface area contributed by atoms with Gasteiger partial charge >= 0.3 is 12.1 Å². The molecule has 0 bridgehead atoms. The van der Waals surface area contributed by atoms with Crippen LogP contribution >= 0.6 is 0 Å². The van der Waals surface area contributed by atoms with Gasteiger partial charge in [0.25, 0.3) is 0 Å². The summed E-state index contributed by atoms with van der Waals surface area (Å²) in [6.07, 6.45) is -5.76. The molecule has 2 N–H and O–H groups in total. The lowest BCUT2D eigenvalue weighted by Crippen LogP contribution is -2.14. The first-order valence-corrected chi connectivity index (χ1v) is 5.29. The van der Waals surface area contributed by atoms with E-state index in [0.29, 0.717) is 0 Å². The molecule has 0 fully saturated rings. The van der Waals surface area contributed by atoms with Gasteiger partial charge in [0.15, 0.2) is 0 Å². The highest BCUT2D eigenvalue weighted by molar-refractivity contribution is 5.67. The Morgan fingerprint density at radius 2 is 1.78 bits per heavy atom. The van der Waals surface area contributed by atoms with Crippen molar-refractivity contribution in [2.24, 2.45) is 5.92 Å². The van der Waals surface area contributed by atoms with E-state index in [0.717, 1.165) is 24.3 Å². The summed E-state index contributed by atoms with van der Waals surface area (Å²) in [5, 5.41) is 18.4. The minimum atomic E-state index is -4.42. The fraction of sp³-hybridized carbons (Fsp3) is 0.417. The Bertz CT molecular complexity index is 412. The van der Waals surface area contributed by atoms with Crippen LogP contribution in [0.1, 0.15) is 30.6 Å². The van der Waals surface area contributed by atoms with E-state index in [2.05, 4.69) is 0 Å². The Morgan fingerprint density at radius 1 is 1.28 bits per heavy atom. The van der Waals surface area contributed by atoms with E-state index in [1.165, 1.54) is 6.92 Å². The average Bonchev–Trinajstić information content (AvgIpc) is 2.26. The van der Waals surface area contributed by atoms with Crippen molar-refractivity contribution in [2.75, 3.05) is 0 Å². The molecule has 1 aromatic carbocycles. The maximum Gasteiger partial charge on any atom is 0.416 e. The quantitative estimate of drug-likeness (QED) is 0.877. The number of carboxylic acid groups (broad SMARTS) is 1. The molecule has 18 heavy (non-hydrogen) atoms. The molecule has 0 aliphatic carbocycles. The van der Waals surface area contributed by atoms with Gasteiger partial charge in [-0.1, -0.05) is 19.1 Å². The van der Waals surface area contributed by atoms with Crippen LogP contribution in [0.3, 0.4) is 0 Å². The fourth-order valence-corrected chi connectivity index (χ4v) is 1.58. The van der Waals surface area contributed by atoms with E-state index < -0.39 is 29.7 Å². The number of carbonyl (C=O) groups is 1. The number of benzene rings is 1. The van der Waals surface area contributed by atoms with Crippen molar-refractivity contribution in [3.05, 3.63) is 35.4 Å². The maximum absolute atomic E-state index is 12.3. The zero-order valence-corrected chi connectivity index (χ0v) is 9.61. The zero-order chi connectivity index (χ0) is 13.9. The van der Waals surface area contributed by atoms with Crippen molar-refractivity contribution < 1.29 is 28.2 Å². The standard InChI is InChI=1S/C12H13F3O3/c1-7(6-10(16)17)11(18)8-2-4-9(5-3-8)12(13,14)15/h2-5,7,11,18H,6H2,1H3,(H,16,17). The molecule has 1 aromatic rings. The third-order valence-corrected chi connectivity index (χ3v) is 2.62. The van der Waals surface area contributed by atoms with Crippen LogP contribution in [-0.4, -0.2) is 16.2 Å². The molecule has 0 aliphatic heterocycles. The molecule has 0 aromatic heterocycles. The van der Waals surface area contributed by atoms with Gasteiger partial charge in [-0.2, -0.15) is 13.2 Å². The van der Waals surface area contributed by atoms with Crippen LogP contribution < -0.4 is 0 Å². The van der Waals surface area contributed by atoms with Gasteiger partial charge < -0.3 is 10.2 Å². The van der Waals surface area contributed by atoms with Crippen LogP contribution in [0.2, 0.25) is 0 Å². The number of hydrogen-bond acceptors (Lipinski definition) is 2. The van der Waals surface area contributed by atoms with Crippen LogP contribution in [-0.2, 0) is 11.0 Å². The van der Waals surface area contributed by atoms with Crippen molar-refractivity contribution >= 4 is 5.97 Å². The minimum Gasteiger partial charge on any atom is -0.481 e. The Balaban J connectivity index is 2.82. The second-order valence-corrected chi connectivity index (χ2v) is 4.14. The molecule has 0 amide bonds. The number of rotatable bonds is 4. The summed E-state index contributed by atoms with van der Waals surface area (Å²) >= 11 is 0. The lowest BCUT2D eigenvalue weighted by atomic mass is 9.94. The van der Waals surface area contributed by atoms with Crippen molar-refractivity contribution in [3.63, 3.8) is 0 Å². The third kappa shape index (κ3) is 3.73. The van der Waals surface area contributed by atoms with Crippen molar-refractivity contribution in [3.8, 4) is 0 Å². The van der Waals surface area contributed by atoms with Crippen molar-refractivity contribution in [1.82, 2.24) is 0 Å². The summed E-state index contributed by atoms with van der Waals surface area (Å²) in [5.74, 6) is -1.63. The summed E-state index contributed by atoms with van der Waals surface area (Å²) in [6, 6.07) is 4.05. The molecule has 3 nitrogen and oxygen atoms in total. The molecule has 0 radical (unpaired) electrons. The van der Waals surface area contributed by atoms with Gasteiger partial charge in [0.2, 0.25) is 0 Å². The number of carboxylic acids is 1. The maximum atomic E-state index is 12.3. The normalized spacial score (nSPS) is 15.2. The summed E-state index contributed by atoms with van der Waals surface area (Å²) in [5.41, 5.74) is -0.527. The second-order valence-electron chi connectivity index (χ2n) is 4.14. The van der Waals surface area contributed by atoms with E-state index in [1.807, 2.05) is 0 Å². The summed E-state index contributed by atoms with van der Waals surface area (Å²) in [6.45, 7) is 1.52. The first-order chi connectivity index (χ1) is 8.21. The minimum absolute atomic E-state index is 0.248. The molecule has 2 unspecified atom stereocenters. The van der Waals surface area contributed by atoms with E-state index in [4.69, 9.17) is 5.11 Å². The van der Waals surface area contributed by atoms with Gasteiger partial charge in [0.1, 0.15) is 0 Å². The van der Waals surface area contributed by atoms with E-state index in [9.17, 15) is 23.1 Å². The largest absolute Gasteiger partial charge is 0.481 e. The monoisotopic (exact) mass is 262 g/mol. The van der Waals surface area contributed by atoms with E-state index >= 15 is 0 Å². The highest BCUT2D eigenvalue weighted by atomic mass is 19.4. The number of alkyl halides is 3. The number of hydrogen-bond donors (Lipinski definition) is 2. The summed E-state index contributed by atoms with van der Waals surface area (Å²) in [7, 11) is 0. The molecular formula is C12H13F3O3. The van der Waals surface area contributed by atoms with Crippen LogP contribution in [0, 0.1) is 5.92 Å². The van der Waals surface area contributed by atoms with Gasteiger partial charge in [-0.25, -0.2) is 0 Å². The molecule has 2 atom stereocenters. The molecule has 100 valence electrons. The molecule has 0 heterocycles. The van der Waals surface area contributed by atoms with Gasteiger partial charge in [0, 0.05) is 0 Å². The average molecular weight is 262 g/mol. The predicted molar refractivity (Wildman–Crippen MR) is 57.8 cm³/mol. The van der Waals surface area contributed by atoms with Gasteiger partial charge in [-0.15, -0.1) is 0 Å². The SMILES string of the molecule is CC(CC(=O)O)C(O)c1ccc(C(F)(F)F)cc1. The molecule has 6 heteroatoms. The van der Waals surface area contributed by atoms with Crippen LogP contribution in [0.4, 0.5) is 13.2 Å². The van der Waals surface area contributed by atoms with Crippen molar-refractivity contribution in [1.29, 1.82) is 0 Å². The summed E-state index contributed by atoms with van der Waals surface area (Å²) < 4.78 is 36.9. The highest BCUT2D eigenvalue weighted by Gasteiger charge is 2.30. The molecular weight excluding hydrogens is 249 g/mol. The highest BCUT2D eigenvalue weighted by Crippen LogP contribution is 2.31. The third-order valence-electron chi connectivity index (χ3n) is 2.62.